The molecule has 0 fully saturated rings. The summed E-state index contributed by atoms with van der Waals surface area (Å²) in [5.41, 5.74) is 5.82. The number of nitro groups is 1. The second-order valence-corrected chi connectivity index (χ2v) is 8.23. The summed E-state index contributed by atoms with van der Waals surface area (Å²) in [5.74, 6) is 0.795. The minimum atomic E-state index is -0.382. The van der Waals surface area contributed by atoms with Crippen LogP contribution in [0, 0.1) is 10.1 Å². The molecule has 4 heterocycles. The summed E-state index contributed by atoms with van der Waals surface area (Å²) in [4.78, 5) is 31.8. The lowest BCUT2D eigenvalue weighted by Crippen LogP contribution is -2.31. The Morgan fingerprint density at radius 1 is 1.06 bits per heavy atom. The minimum Gasteiger partial charge on any atom is -0.293 e. The topological polar surface area (TPSA) is 97.4 Å². The molecule has 8 heteroatoms. The van der Waals surface area contributed by atoms with E-state index in [1.54, 1.807) is 12.1 Å². The molecule has 0 bridgehead atoms. The van der Waals surface area contributed by atoms with E-state index in [9.17, 15) is 10.1 Å². The van der Waals surface area contributed by atoms with Gasteiger partial charge in [-0.3, -0.25) is 25.0 Å². The van der Waals surface area contributed by atoms with Crippen molar-refractivity contribution in [3.05, 3.63) is 81.6 Å². The molecule has 3 aromatic rings. The summed E-state index contributed by atoms with van der Waals surface area (Å²) < 4.78 is 0. The molecular weight excluding hydrogens is 404 g/mol. The van der Waals surface area contributed by atoms with Crippen LogP contribution in [0.25, 0.3) is 11.3 Å². The third kappa shape index (κ3) is 4.40. The van der Waals surface area contributed by atoms with Crippen molar-refractivity contribution in [3.8, 4) is 11.3 Å². The van der Waals surface area contributed by atoms with Crippen molar-refractivity contribution in [1.29, 1.82) is 0 Å². The van der Waals surface area contributed by atoms with Crippen molar-refractivity contribution in [1.82, 2.24) is 19.9 Å². The molecule has 0 amide bonds. The number of nitro benzene ring substituents is 1. The largest absolute Gasteiger partial charge is 0.293 e. The van der Waals surface area contributed by atoms with Gasteiger partial charge in [-0.15, -0.1) is 0 Å². The molecule has 0 spiro atoms. The molecule has 0 atom stereocenters. The van der Waals surface area contributed by atoms with Crippen molar-refractivity contribution < 1.29 is 4.92 Å². The van der Waals surface area contributed by atoms with Crippen LogP contribution < -0.4 is 0 Å². The van der Waals surface area contributed by atoms with Crippen LogP contribution in [0.2, 0.25) is 0 Å². The minimum absolute atomic E-state index is 0.0703. The highest BCUT2D eigenvalue weighted by Crippen LogP contribution is 2.24. The first-order valence-corrected chi connectivity index (χ1v) is 11.0. The van der Waals surface area contributed by atoms with E-state index in [0.717, 1.165) is 85.1 Å². The van der Waals surface area contributed by atoms with Crippen LogP contribution in [-0.4, -0.2) is 43.6 Å². The quantitative estimate of drug-likeness (QED) is 0.450. The van der Waals surface area contributed by atoms with E-state index in [0.29, 0.717) is 6.54 Å². The van der Waals surface area contributed by atoms with E-state index in [4.69, 9.17) is 9.97 Å². The average Bonchev–Trinajstić information content (AvgIpc) is 2.84. The highest BCUT2D eigenvalue weighted by molar-refractivity contribution is 5.97. The predicted molar refractivity (Wildman–Crippen MR) is 121 cm³/mol. The third-order valence-electron chi connectivity index (χ3n) is 5.94. The maximum Gasteiger partial charge on any atom is 0.270 e. The number of pyridine rings is 1. The van der Waals surface area contributed by atoms with Crippen LogP contribution >= 0.6 is 0 Å². The van der Waals surface area contributed by atoms with Crippen LogP contribution in [0.1, 0.15) is 42.0 Å². The summed E-state index contributed by atoms with van der Waals surface area (Å²) in [6.07, 6.45) is 6.11. The molecule has 0 saturated heterocycles. The van der Waals surface area contributed by atoms with Gasteiger partial charge in [0.25, 0.3) is 5.69 Å². The second kappa shape index (κ2) is 8.92. The Morgan fingerprint density at radius 2 is 1.97 bits per heavy atom. The fourth-order valence-electron chi connectivity index (χ4n) is 4.26. The number of hydrogen-bond donors (Lipinski definition) is 0. The summed E-state index contributed by atoms with van der Waals surface area (Å²) in [7, 11) is 0. The van der Waals surface area contributed by atoms with Crippen LogP contribution in [0.3, 0.4) is 0 Å². The molecule has 0 aliphatic carbocycles. The van der Waals surface area contributed by atoms with Crippen LogP contribution in [0.15, 0.2) is 53.7 Å². The molecule has 2 aliphatic rings. The fraction of sp³-hybridized carbons (Fsp3) is 0.333. The van der Waals surface area contributed by atoms with Gasteiger partial charge in [-0.25, -0.2) is 9.97 Å². The van der Waals surface area contributed by atoms with Crippen LogP contribution in [0.4, 0.5) is 5.69 Å². The Bertz CT molecular complexity index is 1190. The van der Waals surface area contributed by atoms with Crippen molar-refractivity contribution in [2.75, 3.05) is 13.1 Å². The standard InChI is InChI=1S/C24H24N6O2/c31-30(32)20-7-3-5-17(13-20)21-9-4-6-19(27-21)16-29-12-10-22-18(15-29)14-26-24(28-22)23-8-1-2-11-25-23/h3-7,9,13-14H,1-2,8,10-12,15-16H2. The lowest BCUT2D eigenvalue weighted by atomic mass is 10.1. The number of aromatic nitrogens is 3. The maximum absolute atomic E-state index is 11.1. The van der Waals surface area contributed by atoms with E-state index < -0.39 is 0 Å². The number of hydrogen-bond acceptors (Lipinski definition) is 7. The highest BCUT2D eigenvalue weighted by Gasteiger charge is 2.21. The zero-order valence-corrected chi connectivity index (χ0v) is 17.8. The van der Waals surface area contributed by atoms with Gasteiger partial charge in [-0.05, 0) is 31.4 Å². The summed E-state index contributed by atoms with van der Waals surface area (Å²) in [6.45, 7) is 3.27. The first-order chi connectivity index (χ1) is 15.7. The Kier molecular flexibility index (Phi) is 5.68. The normalized spacial score (nSPS) is 16.3. The van der Waals surface area contributed by atoms with E-state index in [-0.39, 0.29) is 10.6 Å². The van der Waals surface area contributed by atoms with Gasteiger partial charge in [-0.1, -0.05) is 18.2 Å². The van der Waals surface area contributed by atoms with E-state index in [1.807, 2.05) is 30.5 Å². The molecule has 2 aromatic heterocycles. The Morgan fingerprint density at radius 3 is 2.81 bits per heavy atom. The molecule has 162 valence electrons. The summed E-state index contributed by atoms with van der Waals surface area (Å²) in [5, 5.41) is 11.1. The first kappa shape index (κ1) is 20.4. The lowest BCUT2D eigenvalue weighted by Gasteiger charge is -2.28. The molecular formula is C24H24N6O2. The Labute approximate surface area is 186 Å². The van der Waals surface area contributed by atoms with Crippen LogP contribution in [0.5, 0.6) is 0 Å². The number of non-ortho nitro benzene ring substituents is 1. The van der Waals surface area contributed by atoms with E-state index in [2.05, 4.69) is 14.9 Å². The average molecular weight is 428 g/mol. The summed E-state index contributed by atoms with van der Waals surface area (Å²) in [6, 6.07) is 12.4. The Hall–Kier alpha value is -3.52. The zero-order chi connectivity index (χ0) is 21.9. The van der Waals surface area contributed by atoms with Crippen molar-refractivity contribution >= 4 is 11.4 Å². The molecule has 0 N–H and O–H groups in total. The van der Waals surface area contributed by atoms with Gasteiger partial charge in [0.15, 0.2) is 5.82 Å². The molecule has 0 radical (unpaired) electrons. The number of rotatable bonds is 5. The fourth-order valence-corrected chi connectivity index (χ4v) is 4.26. The van der Waals surface area contributed by atoms with Gasteiger partial charge >= 0.3 is 0 Å². The highest BCUT2D eigenvalue weighted by atomic mass is 16.6. The van der Waals surface area contributed by atoms with Crippen molar-refractivity contribution in [3.63, 3.8) is 0 Å². The lowest BCUT2D eigenvalue weighted by molar-refractivity contribution is -0.384. The number of aliphatic imine (C=N–C) groups is 1. The predicted octanol–water partition coefficient (Wildman–Crippen LogP) is 3.98. The molecule has 0 saturated carbocycles. The van der Waals surface area contributed by atoms with E-state index in [1.165, 1.54) is 6.07 Å². The van der Waals surface area contributed by atoms with Gasteiger partial charge in [0.2, 0.25) is 0 Å². The molecule has 0 unspecified atom stereocenters. The zero-order valence-electron chi connectivity index (χ0n) is 17.8. The SMILES string of the molecule is O=[N+]([O-])c1cccc(-c2cccc(CN3CCc4nc(C5=NCCCC5)ncc4C3)n2)c1. The van der Waals surface area contributed by atoms with Gasteiger partial charge < -0.3 is 0 Å². The van der Waals surface area contributed by atoms with Crippen molar-refractivity contribution in [2.24, 2.45) is 4.99 Å². The smallest absolute Gasteiger partial charge is 0.270 e. The third-order valence-corrected chi connectivity index (χ3v) is 5.94. The molecule has 1 aromatic carbocycles. The van der Waals surface area contributed by atoms with Gasteiger partial charge in [-0.2, -0.15) is 0 Å². The van der Waals surface area contributed by atoms with E-state index >= 15 is 0 Å². The number of fused-ring (bicyclic) bond motifs is 1. The number of nitrogens with zero attached hydrogens (tertiary/aromatic N) is 6. The summed E-state index contributed by atoms with van der Waals surface area (Å²) >= 11 is 0. The van der Waals surface area contributed by atoms with Crippen LogP contribution in [-0.2, 0) is 19.5 Å². The first-order valence-electron chi connectivity index (χ1n) is 11.0. The second-order valence-electron chi connectivity index (χ2n) is 8.23. The molecule has 8 nitrogen and oxygen atoms in total. The van der Waals surface area contributed by atoms with Gasteiger partial charge in [0, 0.05) is 62.1 Å². The maximum atomic E-state index is 11.1. The Balaban J connectivity index is 1.30. The van der Waals surface area contributed by atoms with Crippen molar-refractivity contribution in [2.45, 2.75) is 38.8 Å². The monoisotopic (exact) mass is 428 g/mol. The molecule has 32 heavy (non-hydrogen) atoms. The van der Waals surface area contributed by atoms with Gasteiger partial charge in [0.05, 0.1) is 27.7 Å². The number of benzene rings is 1. The van der Waals surface area contributed by atoms with Gasteiger partial charge in [0.1, 0.15) is 0 Å². The molecule has 5 rings (SSSR count). The molecule has 2 aliphatic heterocycles.